The first-order valence-corrected chi connectivity index (χ1v) is 13.1. The second kappa shape index (κ2) is 12.3. The molecular formula is C22H34ClN7O3S. The first-order valence-electron chi connectivity index (χ1n) is 11.0. The largest absolute Gasteiger partial charge is 0.857 e. The number of quaternary nitrogens is 1. The molecule has 0 fully saturated rings. The maximum Gasteiger partial charge on any atom is 0.215 e. The zero-order chi connectivity index (χ0) is 25.4. The molecule has 1 heterocycles. The highest BCUT2D eigenvalue weighted by Crippen LogP contribution is 2.17. The highest BCUT2D eigenvalue weighted by Gasteiger charge is 2.15. The van der Waals surface area contributed by atoms with Gasteiger partial charge in [0.2, 0.25) is 10.0 Å². The van der Waals surface area contributed by atoms with Gasteiger partial charge in [-0.3, -0.25) is 4.99 Å². The molecule has 1 aromatic carbocycles. The van der Waals surface area contributed by atoms with Gasteiger partial charge in [0.15, 0.2) is 16.8 Å². The zero-order valence-electron chi connectivity index (χ0n) is 19.9. The molecule has 10 nitrogen and oxygen atoms in total. The highest BCUT2D eigenvalue weighted by molar-refractivity contribution is 7.88. The van der Waals surface area contributed by atoms with E-state index in [4.69, 9.17) is 23.1 Å². The summed E-state index contributed by atoms with van der Waals surface area (Å²) in [5, 5.41) is 12.2. The minimum atomic E-state index is -3.35. The van der Waals surface area contributed by atoms with Crippen LogP contribution < -0.4 is 21.3 Å². The van der Waals surface area contributed by atoms with Crippen molar-refractivity contribution in [2.45, 2.75) is 31.9 Å². The van der Waals surface area contributed by atoms with Gasteiger partial charge in [0.05, 0.1) is 39.5 Å². The molecular weight excluding hydrogens is 478 g/mol. The molecule has 0 atom stereocenters. The number of aryl methyl sites for hydroxylation is 1. The van der Waals surface area contributed by atoms with Gasteiger partial charge in [-0.25, -0.2) is 23.1 Å². The Morgan fingerprint density at radius 2 is 1.76 bits per heavy atom. The minimum Gasteiger partial charge on any atom is -0.857 e. The smallest absolute Gasteiger partial charge is 0.215 e. The molecule has 34 heavy (non-hydrogen) atoms. The van der Waals surface area contributed by atoms with E-state index in [0.717, 1.165) is 36.9 Å². The zero-order valence-corrected chi connectivity index (χ0v) is 21.5. The second-order valence-electron chi connectivity index (χ2n) is 8.90. The normalized spacial score (nSPS) is 12.8. The number of hydrogen-bond acceptors (Lipinski definition) is 8. The lowest BCUT2D eigenvalue weighted by Crippen LogP contribution is -2.42. The molecule has 0 aliphatic rings. The molecule has 0 bridgehead atoms. The van der Waals surface area contributed by atoms with Gasteiger partial charge in [-0.15, -0.1) is 0 Å². The van der Waals surface area contributed by atoms with Crippen molar-refractivity contribution in [3.05, 3.63) is 46.2 Å². The summed E-state index contributed by atoms with van der Waals surface area (Å²) in [6.07, 6.45) is 2.57. The molecule has 0 amide bonds. The summed E-state index contributed by atoms with van der Waals surface area (Å²) >= 11 is 5.81. The summed E-state index contributed by atoms with van der Waals surface area (Å²) in [6.45, 7) is 4.19. The van der Waals surface area contributed by atoms with Crippen molar-refractivity contribution in [2.24, 2.45) is 4.99 Å². The fourth-order valence-corrected chi connectivity index (χ4v) is 4.55. The fourth-order valence-electron chi connectivity index (χ4n) is 3.23. The molecule has 0 spiro atoms. The Morgan fingerprint density at radius 3 is 2.44 bits per heavy atom. The molecule has 0 aliphatic carbocycles. The van der Waals surface area contributed by atoms with Gasteiger partial charge in [0.1, 0.15) is 5.69 Å². The van der Waals surface area contributed by atoms with Gasteiger partial charge >= 0.3 is 0 Å². The molecule has 5 N–H and O–H groups in total. The van der Waals surface area contributed by atoms with Gasteiger partial charge in [0, 0.05) is 12.4 Å². The van der Waals surface area contributed by atoms with Gasteiger partial charge in [-0.05, 0) is 31.7 Å². The van der Waals surface area contributed by atoms with Crippen molar-refractivity contribution in [3.63, 3.8) is 0 Å². The molecule has 188 valence electrons. The number of nitrogens with zero attached hydrogens (tertiary/aromatic N) is 4. The van der Waals surface area contributed by atoms with E-state index < -0.39 is 15.9 Å². The van der Waals surface area contributed by atoms with Crippen LogP contribution in [0.3, 0.4) is 0 Å². The first kappa shape index (κ1) is 27.8. The number of halogens is 1. The SMILES string of the molecule is Cc1ccc(CS(=O)(=O)NCCCCC[N+](C)(C)CCN=C([O-])c2nc(Cl)c(N)nc2N)cc1. The van der Waals surface area contributed by atoms with E-state index in [0.29, 0.717) is 24.1 Å². The van der Waals surface area contributed by atoms with Crippen LogP contribution in [0.2, 0.25) is 5.15 Å². The molecule has 12 heteroatoms. The van der Waals surface area contributed by atoms with Crippen LogP contribution in [-0.2, 0) is 15.8 Å². The number of nitrogens with one attached hydrogen (secondary N) is 1. The molecule has 1 aromatic heterocycles. The topological polar surface area (TPSA) is 159 Å². The van der Waals surface area contributed by atoms with E-state index in [9.17, 15) is 13.5 Å². The predicted octanol–water partition coefficient (Wildman–Crippen LogP) is 1.08. The molecule has 2 aromatic rings. The van der Waals surface area contributed by atoms with Crippen LogP contribution in [-0.4, -0.2) is 69.0 Å². The quantitative estimate of drug-likeness (QED) is 0.157. The van der Waals surface area contributed by atoms with E-state index in [2.05, 4.69) is 33.8 Å². The fraction of sp³-hybridized carbons (Fsp3) is 0.500. The number of sulfonamides is 1. The Bertz CT molecular complexity index is 1090. The number of nitrogen functional groups attached to an aromatic ring is 2. The maximum atomic E-state index is 12.2. The molecule has 2 rings (SSSR count). The average Bonchev–Trinajstić information content (AvgIpc) is 2.74. The summed E-state index contributed by atoms with van der Waals surface area (Å²) < 4.78 is 27.8. The van der Waals surface area contributed by atoms with E-state index in [1.54, 1.807) is 0 Å². The Balaban J connectivity index is 1.68. The van der Waals surface area contributed by atoms with E-state index in [1.165, 1.54) is 0 Å². The molecule has 0 saturated heterocycles. The molecule has 0 saturated carbocycles. The van der Waals surface area contributed by atoms with Crippen molar-refractivity contribution in [1.82, 2.24) is 14.7 Å². The van der Waals surface area contributed by atoms with Crippen LogP contribution in [0, 0.1) is 6.92 Å². The van der Waals surface area contributed by atoms with Crippen molar-refractivity contribution >= 4 is 39.2 Å². The van der Waals surface area contributed by atoms with Crippen LogP contribution >= 0.6 is 11.6 Å². The summed E-state index contributed by atoms with van der Waals surface area (Å²) in [4.78, 5) is 11.7. The van der Waals surface area contributed by atoms with Gasteiger partial charge in [-0.1, -0.05) is 41.4 Å². The van der Waals surface area contributed by atoms with Crippen molar-refractivity contribution in [3.8, 4) is 0 Å². The van der Waals surface area contributed by atoms with E-state index in [1.807, 2.05) is 31.2 Å². The van der Waals surface area contributed by atoms with Gasteiger partial charge < -0.3 is 21.1 Å². The van der Waals surface area contributed by atoms with Crippen molar-refractivity contribution in [1.29, 1.82) is 0 Å². The van der Waals surface area contributed by atoms with Crippen LogP contribution in [0.25, 0.3) is 0 Å². The standard InChI is InChI=1S/C22H34ClN7O3S/c1-16-7-9-17(10-8-16)15-34(32,33)27-11-5-4-6-13-30(2,3)14-12-26-22(31)18-20(24)29-21(25)19(23)28-18/h7-10,27H,4-6,11-15H2,1-3H3,(H4-,24,25,26,29,31). The van der Waals surface area contributed by atoms with Crippen LogP contribution in [0.5, 0.6) is 0 Å². The lowest BCUT2D eigenvalue weighted by Gasteiger charge is -2.29. The second-order valence-corrected chi connectivity index (χ2v) is 11.1. The first-order chi connectivity index (χ1) is 15.9. The third-order valence-electron chi connectivity index (χ3n) is 5.31. The molecule has 0 unspecified atom stereocenters. The van der Waals surface area contributed by atoms with Crippen LogP contribution in [0.1, 0.15) is 36.1 Å². The van der Waals surface area contributed by atoms with Crippen molar-refractivity contribution < 1.29 is 18.0 Å². The number of hydrogen-bond donors (Lipinski definition) is 3. The lowest BCUT2D eigenvalue weighted by molar-refractivity contribution is -0.889. The van der Waals surface area contributed by atoms with Gasteiger partial charge in [-0.2, -0.15) is 0 Å². The van der Waals surface area contributed by atoms with Crippen LogP contribution in [0.4, 0.5) is 11.6 Å². The summed E-state index contributed by atoms with van der Waals surface area (Å²) in [5.41, 5.74) is 13.0. The number of benzene rings is 1. The molecule has 0 radical (unpaired) electrons. The predicted molar refractivity (Wildman–Crippen MR) is 135 cm³/mol. The molecule has 0 aliphatic heterocycles. The Kier molecular flexibility index (Phi) is 10.0. The average molecular weight is 512 g/mol. The lowest BCUT2D eigenvalue weighted by atomic mass is 10.2. The number of rotatable bonds is 13. The Morgan fingerprint density at radius 1 is 1.09 bits per heavy atom. The number of nitrogens with two attached hydrogens (primary N) is 2. The van der Waals surface area contributed by atoms with Crippen molar-refractivity contribution in [2.75, 3.05) is 51.7 Å². The number of anilines is 2. The third-order valence-corrected chi connectivity index (χ3v) is 6.94. The number of likely N-dealkylation sites (N-methyl/N-ethyl adjacent to an activating group) is 1. The van der Waals surface area contributed by atoms with E-state index in [-0.39, 0.29) is 28.2 Å². The highest BCUT2D eigenvalue weighted by atomic mass is 35.5. The summed E-state index contributed by atoms with van der Waals surface area (Å²) in [7, 11) is 0.762. The maximum absolute atomic E-state index is 12.2. The Hall–Kier alpha value is -2.47. The van der Waals surface area contributed by atoms with E-state index >= 15 is 0 Å². The summed E-state index contributed by atoms with van der Waals surface area (Å²) in [5.74, 6) is -0.726. The van der Waals surface area contributed by atoms with Crippen LogP contribution in [0.15, 0.2) is 29.3 Å². The monoisotopic (exact) mass is 511 g/mol. The number of aliphatic imine (C=N–C) groups is 1. The number of unbranched alkanes of at least 4 members (excludes halogenated alkanes) is 2. The summed E-state index contributed by atoms with van der Waals surface area (Å²) in [6, 6.07) is 7.49. The van der Waals surface area contributed by atoms with Gasteiger partial charge in [0.25, 0.3) is 0 Å². The Labute approximate surface area is 206 Å². The third kappa shape index (κ3) is 9.41. The number of aromatic nitrogens is 2. The minimum absolute atomic E-state index is 0.0147.